The average molecular weight is 507 g/mol. The Morgan fingerprint density at radius 2 is 2.21 bits per heavy atom. The second-order valence-electron chi connectivity index (χ2n) is 8.83. The number of rotatable bonds is 7. The lowest BCUT2D eigenvalue weighted by atomic mass is 9.84. The molecule has 1 saturated carbocycles. The van der Waals surface area contributed by atoms with Crippen molar-refractivity contribution in [3.63, 3.8) is 0 Å². The van der Waals surface area contributed by atoms with E-state index in [2.05, 4.69) is 15.3 Å². The molecule has 0 radical (unpaired) electrons. The van der Waals surface area contributed by atoms with Crippen LogP contribution in [0, 0.1) is 11.7 Å². The number of fused-ring (bicyclic) bond motifs is 1. The molecule has 34 heavy (non-hydrogen) atoms. The van der Waals surface area contributed by atoms with Crippen molar-refractivity contribution >= 4 is 46.3 Å². The fourth-order valence-electron chi connectivity index (χ4n) is 4.37. The van der Waals surface area contributed by atoms with Gasteiger partial charge < -0.3 is 16.2 Å². The number of benzene rings is 1. The van der Waals surface area contributed by atoms with Crippen LogP contribution in [0.15, 0.2) is 41.5 Å². The molecule has 0 saturated heterocycles. The molecule has 2 heterocycles. The van der Waals surface area contributed by atoms with Crippen molar-refractivity contribution in [2.45, 2.75) is 43.1 Å². The van der Waals surface area contributed by atoms with Gasteiger partial charge in [-0.15, -0.1) is 0 Å². The Morgan fingerprint density at radius 3 is 2.88 bits per heavy atom. The van der Waals surface area contributed by atoms with Crippen molar-refractivity contribution in [2.75, 3.05) is 6.54 Å². The number of carbonyl (C=O) groups excluding carboxylic acids is 1. The van der Waals surface area contributed by atoms with Crippen molar-refractivity contribution in [1.29, 1.82) is 0 Å². The summed E-state index contributed by atoms with van der Waals surface area (Å²) in [6.45, 7) is 3.72. The van der Waals surface area contributed by atoms with Gasteiger partial charge in [-0.05, 0) is 62.6 Å². The molecule has 1 unspecified atom stereocenters. The lowest BCUT2D eigenvalue weighted by Gasteiger charge is -2.34. The van der Waals surface area contributed by atoms with E-state index >= 15 is 4.39 Å². The Hall–Kier alpha value is -2.49. The molecule has 4 N–H and O–H groups in total. The maximum atomic E-state index is 15.1. The standard InChI is InChI=1S/C24H25ClF2N4O2S/c1-13(32)7-8-29-21(33)24-11-20(24)23(2,31-22(28)34-24)16-9-14(3-5-17(16)26)10-18(27)19-6-4-15(25)12-30-19/h3-6,9-10,12-13,20,32H,7-8,11H2,1-2H3,(H2,28,31)(H,29,33)/b18-10-/t13?,20-,23+,24-/m0/s1. The van der Waals surface area contributed by atoms with Gasteiger partial charge in [-0.2, -0.15) is 0 Å². The van der Waals surface area contributed by atoms with Gasteiger partial charge in [0, 0.05) is 24.2 Å². The van der Waals surface area contributed by atoms with E-state index in [4.69, 9.17) is 17.3 Å². The molecule has 1 aliphatic heterocycles. The number of amides is 1. The van der Waals surface area contributed by atoms with Crippen molar-refractivity contribution in [2.24, 2.45) is 16.6 Å². The number of hydrogen-bond acceptors (Lipinski definition) is 6. The van der Waals surface area contributed by atoms with E-state index in [9.17, 15) is 14.3 Å². The number of aliphatic hydroxyl groups excluding tert-OH is 1. The molecular formula is C24H25ClF2N4O2S. The molecule has 1 aromatic heterocycles. The Bertz CT molecular complexity index is 1170. The fraction of sp³-hybridized carbons (Fsp3) is 0.375. The first kappa shape index (κ1) is 24.6. The summed E-state index contributed by atoms with van der Waals surface area (Å²) in [5.74, 6) is -1.60. The van der Waals surface area contributed by atoms with Crippen molar-refractivity contribution < 1.29 is 18.7 Å². The zero-order valence-corrected chi connectivity index (χ0v) is 20.3. The fourth-order valence-corrected chi connectivity index (χ4v) is 5.88. The summed E-state index contributed by atoms with van der Waals surface area (Å²) in [6.07, 6.45) is 2.97. The predicted molar refractivity (Wildman–Crippen MR) is 131 cm³/mol. The van der Waals surface area contributed by atoms with Gasteiger partial charge in [0.1, 0.15) is 16.4 Å². The van der Waals surface area contributed by atoms with Gasteiger partial charge in [0.05, 0.1) is 22.4 Å². The van der Waals surface area contributed by atoms with Crippen LogP contribution in [0.2, 0.25) is 5.02 Å². The highest BCUT2D eigenvalue weighted by Crippen LogP contribution is 2.66. The van der Waals surface area contributed by atoms with E-state index in [-0.39, 0.29) is 28.3 Å². The Labute approximate surface area is 205 Å². The number of aliphatic hydroxyl groups is 1. The second-order valence-corrected chi connectivity index (χ2v) is 10.6. The smallest absolute Gasteiger partial charge is 0.237 e. The van der Waals surface area contributed by atoms with Crippen LogP contribution in [-0.4, -0.2) is 38.6 Å². The minimum Gasteiger partial charge on any atom is -0.393 e. The molecule has 0 bridgehead atoms. The van der Waals surface area contributed by atoms with E-state index in [0.29, 0.717) is 30.0 Å². The minimum absolute atomic E-state index is 0.105. The first-order valence-corrected chi connectivity index (χ1v) is 12.0. The maximum Gasteiger partial charge on any atom is 0.237 e. The number of nitrogens with one attached hydrogen (secondary N) is 1. The third-order valence-electron chi connectivity index (χ3n) is 6.25. The normalized spacial score (nSPS) is 26.9. The topological polar surface area (TPSA) is 101 Å². The van der Waals surface area contributed by atoms with E-state index in [0.717, 1.165) is 0 Å². The first-order valence-electron chi connectivity index (χ1n) is 10.8. The van der Waals surface area contributed by atoms with E-state index in [1.165, 1.54) is 54.4 Å². The lowest BCUT2D eigenvalue weighted by Crippen LogP contribution is -2.44. The third kappa shape index (κ3) is 4.69. The number of aromatic nitrogens is 1. The van der Waals surface area contributed by atoms with Crippen LogP contribution in [0.3, 0.4) is 0 Å². The molecule has 4 rings (SSSR count). The number of thioether (sulfide) groups is 1. The quantitative estimate of drug-likeness (QED) is 0.521. The molecule has 1 aromatic carbocycles. The zero-order valence-electron chi connectivity index (χ0n) is 18.7. The summed E-state index contributed by atoms with van der Waals surface area (Å²) < 4.78 is 29.0. The van der Waals surface area contributed by atoms with Crippen molar-refractivity contribution in [1.82, 2.24) is 10.3 Å². The van der Waals surface area contributed by atoms with Crippen molar-refractivity contribution in [3.8, 4) is 0 Å². The summed E-state index contributed by atoms with van der Waals surface area (Å²) >= 11 is 7.00. The summed E-state index contributed by atoms with van der Waals surface area (Å²) in [5, 5.41) is 12.9. The summed E-state index contributed by atoms with van der Waals surface area (Å²) in [7, 11) is 0. The van der Waals surface area contributed by atoms with Crippen LogP contribution < -0.4 is 11.1 Å². The van der Waals surface area contributed by atoms with Crippen molar-refractivity contribution in [3.05, 3.63) is 64.2 Å². The second kappa shape index (κ2) is 9.28. The highest BCUT2D eigenvalue weighted by Gasteiger charge is 2.70. The highest BCUT2D eigenvalue weighted by atomic mass is 35.5. The third-order valence-corrected chi connectivity index (χ3v) is 7.78. The predicted octanol–water partition coefficient (Wildman–Crippen LogP) is 4.26. The molecule has 6 nitrogen and oxygen atoms in total. The number of aliphatic imine (C=N–C) groups is 1. The van der Waals surface area contributed by atoms with Crippen LogP contribution in [-0.2, 0) is 10.3 Å². The monoisotopic (exact) mass is 506 g/mol. The lowest BCUT2D eigenvalue weighted by molar-refractivity contribution is -0.121. The Balaban J connectivity index is 1.63. The van der Waals surface area contributed by atoms with E-state index in [1.54, 1.807) is 13.8 Å². The molecule has 1 fully saturated rings. The summed E-state index contributed by atoms with van der Waals surface area (Å²) in [5.41, 5.74) is 5.77. The number of pyridine rings is 1. The number of halogens is 3. The number of carbonyl (C=O) groups is 1. The van der Waals surface area contributed by atoms with Gasteiger partial charge in [-0.25, -0.2) is 8.78 Å². The van der Waals surface area contributed by atoms with Gasteiger partial charge in [0.15, 0.2) is 5.17 Å². The van der Waals surface area contributed by atoms with E-state index < -0.39 is 28.0 Å². The van der Waals surface area contributed by atoms with Gasteiger partial charge >= 0.3 is 0 Å². The van der Waals surface area contributed by atoms with Gasteiger partial charge in [-0.1, -0.05) is 29.4 Å². The molecule has 2 aliphatic rings. The van der Waals surface area contributed by atoms with Crippen LogP contribution in [0.4, 0.5) is 8.78 Å². The summed E-state index contributed by atoms with van der Waals surface area (Å²) in [6, 6.07) is 7.25. The zero-order chi connectivity index (χ0) is 24.7. The first-order chi connectivity index (χ1) is 16.0. The molecule has 0 spiro atoms. The largest absolute Gasteiger partial charge is 0.393 e. The molecule has 2 aromatic rings. The molecule has 4 atom stereocenters. The highest BCUT2D eigenvalue weighted by molar-refractivity contribution is 8.15. The van der Waals surface area contributed by atoms with Crippen LogP contribution in [0.1, 0.15) is 43.5 Å². The molecule has 1 amide bonds. The van der Waals surface area contributed by atoms with Gasteiger partial charge in [0.2, 0.25) is 5.91 Å². The Kier molecular flexibility index (Phi) is 6.72. The maximum absolute atomic E-state index is 15.1. The number of amidine groups is 1. The Morgan fingerprint density at radius 1 is 1.44 bits per heavy atom. The SMILES string of the molecule is CC(O)CCNC(=O)[C@]12C[C@H]1[C@@](C)(c1cc(/C=C(\F)c3ccc(Cl)cn3)ccc1F)N=C(N)S2. The molecular weight excluding hydrogens is 482 g/mol. The van der Waals surface area contributed by atoms with Crippen LogP contribution in [0.5, 0.6) is 0 Å². The van der Waals surface area contributed by atoms with Gasteiger partial charge in [-0.3, -0.25) is 14.8 Å². The van der Waals surface area contributed by atoms with Crippen LogP contribution >= 0.6 is 23.4 Å². The molecule has 10 heteroatoms. The average Bonchev–Trinajstić information content (AvgIpc) is 3.52. The van der Waals surface area contributed by atoms with Crippen LogP contribution in [0.25, 0.3) is 11.9 Å². The summed E-state index contributed by atoms with van der Waals surface area (Å²) in [4.78, 5) is 21.5. The number of hydrogen-bond donors (Lipinski definition) is 3. The minimum atomic E-state index is -1.10. The van der Waals surface area contributed by atoms with Gasteiger partial charge in [0.25, 0.3) is 0 Å². The van der Waals surface area contributed by atoms with E-state index in [1.807, 2.05) is 0 Å². The number of nitrogens with zero attached hydrogens (tertiary/aromatic N) is 2. The number of nitrogens with two attached hydrogens (primary N) is 1. The molecule has 180 valence electrons. The molecule has 1 aliphatic carbocycles.